The van der Waals surface area contributed by atoms with Gasteiger partial charge in [0.1, 0.15) is 29.1 Å². The van der Waals surface area contributed by atoms with Gasteiger partial charge in [0.15, 0.2) is 0 Å². The molecule has 0 amide bonds. The van der Waals surface area contributed by atoms with Crippen molar-refractivity contribution in [3.8, 4) is 23.0 Å². The van der Waals surface area contributed by atoms with E-state index in [0.29, 0.717) is 29.4 Å². The van der Waals surface area contributed by atoms with Crippen LogP contribution in [-0.4, -0.2) is 19.0 Å². The molecule has 0 saturated heterocycles. The quantitative estimate of drug-likeness (QED) is 0.153. The second-order valence-electron chi connectivity index (χ2n) is 9.46. The molecule has 0 fully saturated rings. The number of esters is 2. The molecule has 1 aliphatic heterocycles. The van der Waals surface area contributed by atoms with Gasteiger partial charge >= 0.3 is 11.9 Å². The summed E-state index contributed by atoms with van der Waals surface area (Å²) in [6.07, 6.45) is 12.7. The van der Waals surface area contributed by atoms with Gasteiger partial charge in [0.2, 0.25) is 0 Å². The summed E-state index contributed by atoms with van der Waals surface area (Å²) < 4.78 is 22.6. The third kappa shape index (κ3) is 8.58. The number of hydrogen-bond donors (Lipinski definition) is 0. The number of carbonyl (C=O) groups is 2. The summed E-state index contributed by atoms with van der Waals surface area (Å²) in [4.78, 5) is 23.6. The number of ether oxygens (including phenoxy) is 4. The summed E-state index contributed by atoms with van der Waals surface area (Å²) in [5.74, 6) is 1.67. The van der Waals surface area contributed by atoms with Crippen molar-refractivity contribution in [3.05, 3.63) is 47.5 Å². The lowest BCUT2D eigenvalue weighted by Gasteiger charge is -2.28. The third-order valence-electron chi connectivity index (χ3n) is 6.51. The fraction of sp³-hybridized carbons (Fsp3) is 0.533. The standard InChI is InChI=1S/C30H40O6/c1-4-5-6-7-8-9-10-11-12-13-30(32)35-25-17-18-26(29(21-25)33-3)27-19-15-23-14-16-24(34-22(2)31)20-28(23)36-27/h14,16-18,20-21,27H,4-13,15,19H2,1-3H3. The van der Waals surface area contributed by atoms with Crippen LogP contribution in [0.25, 0.3) is 0 Å². The number of fused-ring (bicyclic) bond motifs is 1. The van der Waals surface area contributed by atoms with E-state index in [1.807, 2.05) is 12.1 Å². The summed E-state index contributed by atoms with van der Waals surface area (Å²) in [5.41, 5.74) is 1.96. The van der Waals surface area contributed by atoms with Crippen LogP contribution in [0.4, 0.5) is 0 Å². The average molecular weight is 497 g/mol. The van der Waals surface area contributed by atoms with Crippen LogP contribution in [0.1, 0.15) is 102 Å². The van der Waals surface area contributed by atoms with Crippen molar-refractivity contribution in [1.82, 2.24) is 0 Å². The first kappa shape index (κ1) is 27.6. The molecule has 36 heavy (non-hydrogen) atoms. The minimum Gasteiger partial charge on any atom is -0.496 e. The molecule has 3 rings (SSSR count). The van der Waals surface area contributed by atoms with Crippen molar-refractivity contribution in [1.29, 1.82) is 0 Å². The van der Waals surface area contributed by atoms with Gasteiger partial charge in [-0.2, -0.15) is 0 Å². The Hall–Kier alpha value is -3.02. The maximum atomic E-state index is 12.3. The Labute approximate surface area is 215 Å². The van der Waals surface area contributed by atoms with Gasteiger partial charge in [0.05, 0.1) is 7.11 Å². The van der Waals surface area contributed by atoms with Crippen LogP contribution in [0, 0.1) is 0 Å². The largest absolute Gasteiger partial charge is 0.496 e. The first-order valence-corrected chi connectivity index (χ1v) is 13.4. The molecule has 1 heterocycles. The molecular formula is C30H40O6. The van der Waals surface area contributed by atoms with Gasteiger partial charge < -0.3 is 18.9 Å². The van der Waals surface area contributed by atoms with E-state index in [9.17, 15) is 9.59 Å². The Kier molecular flexibility index (Phi) is 11.1. The molecule has 196 valence electrons. The van der Waals surface area contributed by atoms with Crippen LogP contribution in [-0.2, 0) is 16.0 Å². The van der Waals surface area contributed by atoms with E-state index in [0.717, 1.165) is 36.8 Å². The number of carbonyl (C=O) groups excluding carboxylic acids is 2. The van der Waals surface area contributed by atoms with Gasteiger partial charge in [-0.3, -0.25) is 9.59 Å². The van der Waals surface area contributed by atoms with E-state index >= 15 is 0 Å². The highest BCUT2D eigenvalue weighted by molar-refractivity contribution is 5.72. The zero-order chi connectivity index (χ0) is 25.8. The molecule has 0 bridgehead atoms. The molecule has 0 aliphatic carbocycles. The lowest BCUT2D eigenvalue weighted by Crippen LogP contribution is -2.16. The molecule has 1 unspecified atom stereocenters. The molecule has 1 aliphatic rings. The Balaban J connectivity index is 1.49. The Morgan fingerprint density at radius 3 is 2.25 bits per heavy atom. The lowest BCUT2D eigenvalue weighted by molar-refractivity contribution is -0.134. The van der Waals surface area contributed by atoms with Crippen LogP contribution < -0.4 is 18.9 Å². The van der Waals surface area contributed by atoms with E-state index < -0.39 is 0 Å². The first-order valence-electron chi connectivity index (χ1n) is 13.4. The highest BCUT2D eigenvalue weighted by Gasteiger charge is 2.25. The molecule has 6 nitrogen and oxygen atoms in total. The van der Waals surface area contributed by atoms with E-state index in [1.54, 1.807) is 31.4 Å². The minimum absolute atomic E-state index is 0.214. The molecule has 1 atom stereocenters. The Morgan fingerprint density at radius 1 is 0.889 bits per heavy atom. The SMILES string of the molecule is CCCCCCCCCCCC(=O)Oc1ccc(C2CCc3ccc(OC(C)=O)cc3O2)c(OC)c1. The number of rotatable bonds is 14. The average Bonchev–Trinajstić information content (AvgIpc) is 2.87. The zero-order valence-electron chi connectivity index (χ0n) is 22.0. The normalized spacial score (nSPS) is 14.5. The summed E-state index contributed by atoms with van der Waals surface area (Å²) >= 11 is 0. The van der Waals surface area contributed by atoms with Gasteiger partial charge in [-0.25, -0.2) is 0 Å². The van der Waals surface area contributed by atoms with Gasteiger partial charge in [-0.1, -0.05) is 64.4 Å². The van der Waals surface area contributed by atoms with Gasteiger partial charge in [0.25, 0.3) is 0 Å². The van der Waals surface area contributed by atoms with Crippen molar-refractivity contribution < 1.29 is 28.5 Å². The molecule has 0 spiro atoms. The van der Waals surface area contributed by atoms with Crippen LogP contribution in [0.3, 0.4) is 0 Å². The monoisotopic (exact) mass is 496 g/mol. The number of methoxy groups -OCH3 is 1. The number of aryl methyl sites for hydroxylation is 1. The van der Waals surface area contributed by atoms with E-state index in [2.05, 4.69) is 6.92 Å². The second kappa shape index (κ2) is 14.5. The van der Waals surface area contributed by atoms with Crippen molar-refractivity contribution in [2.75, 3.05) is 7.11 Å². The van der Waals surface area contributed by atoms with Crippen LogP contribution in [0.15, 0.2) is 36.4 Å². The van der Waals surface area contributed by atoms with Gasteiger partial charge in [0, 0.05) is 31.0 Å². The smallest absolute Gasteiger partial charge is 0.311 e. The summed E-state index contributed by atoms with van der Waals surface area (Å²) in [6.45, 7) is 3.61. The van der Waals surface area contributed by atoms with Crippen molar-refractivity contribution in [3.63, 3.8) is 0 Å². The number of benzene rings is 2. The highest BCUT2D eigenvalue weighted by Crippen LogP contribution is 2.40. The molecular weight excluding hydrogens is 456 g/mol. The van der Waals surface area contributed by atoms with E-state index in [-0.39, 0.29) is 18.0 Å². The highest BCUT2D eigenvalue weighted by atomic mass is 16.5. The Morgan fingerprint density at radius 2 is 1.56 bits per heavy atom. The predicted octanol–water partition coefficient (Wildman–Crippen LogP) is 7.51. The topological polar surface area (TPSA) is 71.1 Å². The van der Waals surface area contributed by atoms with E-state index in [1.165, 1.54) is 51.9 Å². The van der Waals surface area contributed by atoms with Crippen LogP contribution >= 0.6 is 0 Å². The molecule has 6 heteroatoms. The fourth-order valence-electron chi connectivity index (χ4n) is 4.58. The third-order valence-corrected chi connectivity index (χ3v) is 6.51. The van der Waals surface area contributed by atoms with Crippen LogP contribution in [0.2, 0.25) is 0 Å². The lowest BCUT2D eigenvalue weighted by atomic mass is 9.96. The second-order valence-corrected chi connectivity index (χ2v) is 9.46. The zero-order valence-corrected chi connectivity index (χ0v) is 22.0. The summed E-state index contributed by atoms with van der Waals surface area (Å²) in [5, 5.41) is 0. The Bertz CT molecular complexity index is 999. The van der Waals surface area contributed by atoms with Crippen molar-refractivity contribution >= 4 is 11.9 Å². The molecule has 0 N–H and O–H groups in total. The molecule has 2 aromatic carbocycles. The van der Waals surface area contributed by atoms with E-state index in [4.69, 9.17) is 18.9 Å². The minimum atomic E-state index is -0.369. The maximum absolute atomic E-state index is 12.3. The van der Waals surface area contributed by atoms with Crippen LogP contribution in [0.5, 0.6) is 23.0 Å². The molecule has 0 radical (unpaired) electrons. The maximum Gasteiger partial charge on any atom is 0.311 e. The summed E-state index contributed by atoms with van der Waals surface area (Å²) in [7, 11) is 1.60. The van der Waals surface area contributed by atoms with Gasteiger partial charge in [-0.15, -0.1) is 0 Å². The molecule has 0 aromatic heterocycles. The molecule has 2 aromatic rings. The molecule has 0 saturated carbocycles. The van der Waals surface area contributed by atoms with Gasteiger partial charge in [-0.05, 0) is 43.0 Å². The van der Waals surface area contributed by atoms with Crippen molar-refractivity contribution in [2.24, 2.45) is 0 Å². The first-order chi connectivity index (χ1) is 17.5. The number of hydrogen-bond acceptors (Lipinski definition) is 6. The summed E-state index contributed by atoms with van der Waals surface area (Å²) in [6, 6.07) is 10.9. The fourth-order valence-corrected chi connectivity index (χ4v) is 4.58. The van der Waals surface area contributed by atoms with Crippen molar-refractivity contribution in [2.45, 2.75) is 97.0 Å². The predicted molar refractivity (Wildman–Crippen MR) is 140 cm³/mol. The number of unbranched alkanes of at least 4 members (excludes halogenated alkanes) is 8.